The number of amides is 4. The molecule has 1 aromatic heterocycles. The Balaban J connectivity index is 0.849. The van der Waals surface area contributed by atoms with Crippen LogP contribution in [-0.4, -0.2) is 127 Å². The van der Waals surface area contributed by atoms with Gasteiger partial charge in [-0.25, -0.2) is 4.98 Å². The molecule has 4 aliphatic rings. The summed E-state index contributed by atoms with van der Waals surface area (Å²) in [5, 5.41) is 12.7. The number of fused-ring (bicyclic) bond motifs is 1. The molecule has 3 aromatic carbocycles. The minimum atomic E-state index is -2.59. The smallest absolute Gasteiger partial charge is 0.300 e. The van der Waals surface area contributed by atoms with E-state index in [1.807, 2.05) is 48.5 Å². The van der Waals surface area contributed by atoms with Crippen molar-refractivity contribution in [2.45, 2.75) is 64.1 Å². The number of rotatable bonds is 13. The molecule has 0 aliphatic carbocycles. The molecule has 8 rings (SSSR count). The Hall–Kier alpha value is -6.23. The number of ether oxygens (including phenoxy) is 1. The van der Waals surface area contributed by atoms with E-state index in [9.17, 15) is 23.7 Å². The lowest BCUT2D eigenvalue weighted by Crippen LogP contribution is -2.53. The molecule has 354 valence electrons. The van der Waals surface area contributed by atoms with Crippen molar-refractivity contribution in [3.63, 3.8) is 0 Å². The Bertz CT molecular complexity index is 2780. The molecule has 4 aliphatic heterocycles. The molecule has 0 saturated carbocycles. The Morgan fingerprint density at radius 1 is 0.956 bits per heavy atom. The molecular formula is C50H56BrN10O6P. The van der Waals surface area contributed by atoms with E-state index in [-0.39, 0.29) is 24.2 Å². The molecule has 4 N–H and O–H groups in total. The zero-order chi connectivity index (χ0) is 48.0. The second kappa shape index (κ2) is 21.4. The predicted octanol–water partition coefficient (Wildman–Crippen LogP) is 6.12. The van der Waals surface area contributed by atoms with Gasteiger partial charge in [-0.1, -0.05) is 36.0 Å². The number of carbonyl (C=O) groups excluding carboxylic acids is 4. The van der Waals surface area contributed by atoms with Crippen LogP contribution in [0.2, 0.25) is 0 Å². The van der Waals surface area contributed by atoms with E-state index in [0.717, 1.165) is 88.3 Å². The van der Waals surface area contributed by atoms with E-state index < -0.39 is 25.0 Å². The predicted molar refractivity (Wildman–Crippen MR) is 269 cm³/mol. The molecule has 5 heterocycles. The number of carbonyl (C=O) groups is 4. The second-order valence-electron chi connectivity index (χ2n) is 17.6. The monoisotopic (exact) mass is 1000 g/mol. The van der Waals surface area contributed by atoms with Crippen LogP contribution in [0.5, 0.6) is 5.75 Å². The van der Waals surface area contributed by atoms with Crippen LogP contribution in [0.1, 0.15) is 66.9 Å². The molecule has 3 fully saturated rings. The third-order valence-corrected chi connectivity index (χ3v) is 15.0. The number of aromatic nitrogens is 2. The lowest BCUT2D eigenvalue weighted by atomic mass is 10.0. The van der Waals surface area contributed by atoms with Crippen LogP contribution in [-0.2, 0) is 25.5 Å². The van der Waals surface area contributed by atoms with Gasteiger partial charge >= 0.3 is 0 Å². The molecule has 0 bridgehead atoms. The van der Waals surface area contributed by atoms with E-state index >= 15 is 0 Å². The van der Waals surface area contributed by atoms with Gasteiger partial charge in [0.1, 0.15) is 24.8 Å². The third kappa shape index (κ3) is 11.2. The number of anilines is 6. The molecule has 4 aromatic rings. The Morgan fingerprint density at radius 3 is 2.47 bits per heavy atom. The van der Waals surface area contributed by atoms with Gasteiger partial charge in [0.15, 0.2) is 0 Å². The van der Waals surface area contributed by atoms with E-state index in [1.54, 1.807) is 44.5 Å². The minimum absolute atomic E-state index is 0.190. The fourth-order valence-electron chi connectivity index (χ4n) is 9.35. The van der Waals surface area contributed by atoms with Crippen LogP contribution < -0.4 is 36.2 Å². The molecular weight excluding hydrogens is 947 g/mol. The summed E-state index contributed by atoms with van der Waals surface area (Å²) in [4.78, 5) is 68.5. The van der Waals surface area contributed by atoms with Gasteiger partial charge in [-0.15, -0.1) is 0 Å². The number of unbranched alkanes of at least 4 members (excludes halogenated alkanes) is 1. The second-order valence-corrected chi connectivity index (χ2v) is 21.7. The van der Waals surface area contributed by atoms with E-state index in [2.05, 4.69) is 80.6 Å². The maximum Gasteiger partial charge on any atom is 0.300 e. The Labute approximate surface area is 405 Å². The molecule has 3 saturated heterocycles. The highest BCUT2D eigenvalue weighted by atomic mass is 79.9. The summed E-state index contributed by atoms with van der Waals surface area (Å²) in [6.45, 7) is 11.9. The minimum Gasteiger partial charge on any atom is -0.494 e. The maximum absolute atomic E-state index is 13.2. The third-order valence-electron chi connectivity index (χ3n) is 12.8. The summed E-state index contributed by atoms with van der Waals surface area (Å²) in [6.07, 6.45) is 5.80. The fraction of sp³-hybridized carbons (Fsp3) is 0.400. The van der Waals surface area contributed by atoms with Gasteiger partial charge in [0, 0.05) is 93.4 Å². The molecule has 4 amide bonds. The van der Waals surface area contributed by atoms with Crippen LogP contribution >= 0.6 is 23.1 Å². The maximum atomic E-state index is 13.2. The number of halogens is 1. The summed E-state index contributed by atoms with van der Waals surface area (Å²) in [5.74, 6) is 11.9. The highest BCUT2D eigenvalue weighted by Crippen LogP contribution is 2.41. The van der Waals surface area contributed by atoms with E-state index in [4.69, 9.17) is 9.72 Å². The lowest BCUT2D eigenvalue weighted by Gasteiger charge is -2.43. The number of nitrogens with one attached hydrogen (secondary N) is 4. The van der Waals surface area contributed by atoms with Crippen molar-refractivity contribution in [3.8, 4) is 29.4 Å². The Morgan fingerprint density at radius 2 is 1.74 bits per heavy atom. The number of hydrogen-bond acceptors (Lipinski definition) is 13. The van der Waals surface area contributed by atoms with Crippen molar-refractivity contribution in [1.82, 2.24) is 30.0 Å². The van der Waals surface area contributed by atoms with Gasteiger partial charge in [0.05, 0.1) is 34.3 Å². The SMILES string of the molecule is CC#CC(=O)Nc1cc(Nc2ncc(Br)c(Nc3ccccc3P(C)(C)=O)n2)c(OC)cc1N1CCC(N2CCN(CCCC#Cc3cccc4c3CN(C3CCC(=O)NC3=O)C4=O)CC2)CC1. The first-order chi connectivity index (χ1) is 32.8. The highest BCUT2D eigenvalue weighted by Gasteiger charge is 2.40. The zero-order valence-corrected chi connectivity index (χ0v) is 41.3. The number of piperidine rings is 2. The molecule has 1 unspecified atom stereocenters. The summed E-state index contributed by atoms with van der Waals surface area (Å²) in [6, 6.07) is 16.6. The van der Waals surface area contributed by atoms with Crippen molar-refractivity contribution in [2.24, 2.45) is 0 Å². The largest absolute Gasteiger partial charge is 0.494 e. The first-order valence-corrected chi connectivity index (χ1v) is 26.3. The number of nitrogens with zero attached hydrogens (tertiary/aromatic N) is 6. The van der Waals surface area contributed by atoms with Gasteiger partial charge in [-0.3, -0.25) is 29.4 Å². The van der Waals surface area contributed by atoms with Crippen LogP contribution in [0.25, 0.3) is 0 Å². The standard InChI is InChI=1S/C50H56BrN10O6P/c1-5-12-45(62)53-39-29-40(55-50-52-31-37(51)47(57-50)54-38-16-8-9-17-44(38)68(3,4)66)43(67-2)30-42(39)60-23-20-34(21-24-60)59-27-25-58(26-28-59)22-10-6-7-13-33-14-11-15-35-36(33)32-61(49(35)65)41-18-19-46(63)56-48(41)64/h8-9,11,14-17,29-31,34,41H,6,10,18-28,32H2,1-4H3,(H,53,62)(H,56,63,64)(H2,52,54,55,57). The van der Waals surface area contributed by atoms with Gasteiger partial charge in [-0.2, -0.15) is 4.98 Å². The van der Waals surface area contributed by atoms with Crippen LogP contribution in [0.3, 0.4) is 0 Å². The van der Waals surface area contributed by atoms with Crippen LogP contribution in [0, 0.1) is 23.7 Å². The number of para-hydroxylation sites is 1. The number of imide groups is 1. The molecule has 18 heteroatoms. The van der Waals surface area contributed by atoms with E-state index in [1.165, 1.54) is 0 Å². The van der Waals surface area contributed by atoms with Crippen molar-refractivity contribution < 1.29 is 28.5 Å². The molecule has 0 radical (unpaired) electrons. The van der Waals surface area contributed by atoms with Crippen LogP contribution in [0.15, 0.2) is 65.3 Å². The molecule has 1 atom stereocenters. The van der Waals surface area contributed by atoms with Gasteiger partial charge in [0.2, 0.25) is 17.8 Å². The van der Waals surface area contributed by atoms with Crippen molar-refractivity contribution in [1.29, 1.82) is 0 Å². The number of hydrogen-bond donors (Lipinski definition) is 4. The van der Waals surface area contributed by atoms with Gasteiger partial charge in [0.25, 0.3) is 11.8 Å². The fourth-order valence-corrected chi connectivity index (χ4v) is 10.8. The average Bonchev–Trinajstić information content (AvgIpc) is 3.66. The van der Waals surface area contributed by atoms with E-state index in [0.29, 0.717) is 63.0 Å². The summed E-state index contributed by atoms with van der Waals surface area (Å²) in [7, 11) is -0.983. The number of piperazine rings is 1. The molecule has 16 nitrogen and oxygen atoms in total. The Kier molecular flexibility index (Phi) is 15.2. The van der Waals surface area contributed by atoms with Crippen LogP contribution in [0.4, 0.5) is 34.5 Å². The normalized spacial score (nSPS) is 17.9. The zero-order valence-electron chi connectivity index (χ0n) is 38.8. The van der Waals surface area contributed by atoms with Crippen molar-refractivity contribution in [3.05, 3.63) is 82.0 Å². The summed E-state index contributed by atoms with van der Waals surface area (Å²) in [5.41, 5.74) is 4.90. The quantitative estimate of drug-likeness (QED) is 0.0521. The lowest BCUT2D eigenvalue weighted by molar-refractivity contribution is -0.137. The average molecular weight is 1000 g/mol. The topological polar surface area (TPSA) is 181 Å². The summed E-state index contributed by atoms with van der Waals surface area (Å²) < 4.78 is 19.6. The molecule has 68 heavy (non-hydrogen) atoms. The van der Waals surface area contributed by atoms with Gasteiger partial charge < -0.3 is 40.0 Å². The molecule has 0 spiro atoms. The number of benzene rings is 3. The van der Waals surface area contributed by atoms with Gasteiger partial charge in [-0.05, 0) is 110 Å². The highest BCUT2D eigenvalue weighted by molar-refractivity contribution is 9.10. The number of methoxy groups -OCH3 is 1. The van der Waals surface area contributed by atoms with Crippen molar-refractivity contribution in [2.75, 3.05) is 87.1 Å². The van der Waals surface area contributed by atoms with Crippen molar-refractivity contribution >= 4 is 86.5 Å². The first-order valence-electron chi connectivity index (χ1n) is 22.9. The summed E-state index contributed by atoms with van der Waals surface area (Å²) >= 11 is 3.55. The first kappa shape index (κ1) is 48.2.